The van der Waals surface area contributed by atoms with E-state index in [0.717, 1.165) is 0 Å². The average molecular weight is 213 g/mol. The molecule has 1 unspecified atom stereocenters. The maximum atomic E-state index is 13.4. The van der Waals surface area contributed by atoms with E-state index in [9.17, 15) is 9.18 Å². The van der Waals surface area contributed by atoms with Crippen molar-refractivity contribution in [1.29, 1.82) is 0 Å². The highest BCUT2D eigenvalue weighted by Crippen LogP contribution is 2.28. The fourth-order valence-electron chi connectivity index (χ4n) is 1.38. The Kier molecular flexibility index (Phi) is 3.62. The van der Waals surface area contributed by atoms with Crippen LogP contribution < -0.4 is 10.5 Å². The molecule has 0 fully saturated rings. The van der Waals surface area contributed by atoms with Gasteiger partial charge >= 0.3 is 5.97 Å². The van der Waals surface area contributed by atoms with Crippen LogP contribution in [0, 0.1) is 5.82 Å². The molecule has 0 radical (unpaired) electrons. The molecule has 15 heavy (non-hydrogen) atoms. The zero-order valence-corrected chi connectivity index (χ0v) is 8.24. The Bertz CT molecular complexity index is 368. The number of ether oxygens (including phenoxy) is 1. The second-order valence-corrected chi connectivity index (χ2v) is 2.98. The van der Waals surface area contributed by atoms with Crippen LogP contribution in [0.25, 0.3) is 0 Å². The van der Waals surface area contributed by atoms with Gasteiger partial charge in [0.25, 0.3) is 0 Å². The second-order valence-electron chi connectivity index (χ2n) is 2.98. The van der Waals surface area contributed by atoms with Gasteiger partial charge in [0.05, 0.1) is 7.11 Å². The number of carboxylic acids is 1. The molecule has 0 spiro atoms. The molecule has 0 aliphatic carbocycles. The summed E-state index contributed by atoms with van der Waals surface area (Å²) in [4.78, 5) is 10.8. The molecule has 5 heteroatoms. The molecule has 0 aromatic heterocycles. The standard InChI is InChI=1S/C10H12FNO3/c1-15-8-4-2-3-7(11)9(8)6(5-12)10(13)14/h2-4,6H,5,12H2,1H3,(H,13,14). The SMILES string of the molecule is COc1cccc(F)c1C(CN)C(=O)O. The molecule has 0 aliphatic heterocycles. The zero-order valence-electron chi connectivity index (χ0n) is 8.24. The van der Waals surface area contributed by atoms with Crippen LogP contribution in [0.15, 0.2) is 18.2 Å². The predicted octanol–water partition coefficient (Wildman–Crippen LogP) is 0.961. The quantitative estimate of drug-likeness (QED) is 0.781. The number of carbonyl (C=O) groups is 1. The average Bonchev–Trinajstić information content (AvgIpc) is 2.21. The van der Waals surface area contributed by atoms with E-state index < -0.39 is 17.7 Å². The molecular formula is C10H12FNO3. The maximum absolute atomic E-state index is 13.4. The number of halogens is 1. The molecule has 3 N–H and O–H groups in total. The Labute approximate surface area is 86.5 Å². The number of benzene rings is 1. The van der Waals surface area contributed by atoms with Crippen molar-refractivity contribution in [2.24, 2.45) is 5.73 Å². The van der Waals surface area contributed by atoms with E-state index in [-0.39, 0.29) is 17.9 Å². The van der Waals surface area contributed by atoms with Crippen LogP contribution in [0.3, 0.4) is 0 Å². The minimum Gasteiger partial charge on any atom is -0.496 e. The van der Waals surface area contributed by atoms with Gasteiger partial charge in [-0.25, -0.2) is 4.39 Å². The van der Waals surface area contributed by atoms with E-state index in [4.69, 9.17) is 15.6 Å². The van der Waals surface area contributed by atoms with Gasteiger partial charge in [-0.3, -0.25) is 4.79 Å². The highest BCUT2D eigenvalue weighted by atomic mass is 19.1. The van der Waals surface area contributed by atoms with Crippen LogP contribution >= 0.6 is 0 Å². The Morgan fingerprint density at radius 1 is 1.67 bits per heavy atom. The third kappa shape index (κ3) is 2.24. The van der Waals surface area contributed by atoms with Crippen LogP contribution in [-0.2, 0) is 4.79 Å². The first-order valence-electron chi connectivity index (χ1n) is 4.37. The summed E-state index contributed by atoms with van der Waals surface area (Å²) in [6.45, 7) is -0.174. The van der Waals surface area contributed by atoms with Crippen LogP contribution in [-0.4, -0.2) is 24.7 Å². The number of carboxylic acid groups (broad SMARTS) is 1. The van der Waals surface area contributed by atoms with Crippen molar-refractivity contribution in [3.8, 4) is 5.75 Å². The second kappa shape index (κ2) is 4.75. The minimum absolute atomic E-state index is 0.00463. The monoisotopic (exact) mass is 213 g/mol. The summed E-state index contributed by atoms with van der Waals surface area (Å²) in [6.07, 6.45) is 0. The van der Waals surface area contributed by atoms with Gasteiger partial charge in [-0.1, -0.05) is 6.07 Å². The lowest BCUT2D eigenvalue weighted by molar-refractivity contribution is -0.138. The number of hydrogen-bond acceptors (Lipinski definition) is 3. The van der Waals surface area contributed by atoms with E-state index in [1.165, 1.54) is 25.3 Å². The third-order valence-corrected chi connectivity index (χ3v) is 2.12. The molecule has 0 amide bonds. The van der Waals surface area contributed by atoms with Gasteiger partial charge in [0, 0.05) is 12.1 Å². The van der Waals surface area contributed by atoms with E-state index in [2.05, 4.69) is 0 Å². The Balaban J connectivity index is 3.26. The first-order chi connectivity index (χ1) is 7.11. The molecule has 4 nitrogen and oxygen atoms in total. The predicted molar refractivity (Wildman–Crippen MR) is 52.4 cm³/mol. The molecule has 0 saturated heterocycles. The molecular weight excluding hydrogens is 201 g/mol. The van der Waals surface area contributed by atoms with Crippen molar-refractivity contribution in [3.05, 3.63) is 29.6 Å². The number of aliphatic carboxylic acids is 1. The molecule has 1 aromatic carbocycles. The first-order valence-corrected chi connectivity index (χ1v) is 4.37. The summed E-state index contributed by atoms with van der Waals surface area (Å²) in [7, 11) is 1.35. The lowest BCUT2D eigenvalue weighted by atomic mass is 9.98. The van der Waals surface area contributed by atoms with E-state index in [0.29, 0.717) is 0 Å². The highest BCUT2D eigenvalue weighted by Gasteiger charge is 2.25. The summed E-state index contributed by atoms with van der Waals surface area (Å²) < 4.78 is 18.3. The molecule has 0 bridgehead atoms. The summed E-state index contributed by atoms with van der Waals surface area (Å²) in [5.74, 6) is -2.66. The first kappa shape index (κ1) is 11.5. The van der Waals surface area contributed by atoms with Crippen LogP contribution in [0.5, 0.6) is 5.75 Å². The smallest absolute Gasteiger partial charge is 0.312 e. The van der Waals surface area contributed by atoms with Gasteiger partial charge in [-0.05, 0) is 12.1 Å². The third-order valence-electron chi connectivity index (χ3n) is 2.12. The number of hydrogen-bond donors (Lipinski definition) is 2. The molecule has 1 aromatic rings. The Hall–Kier alpha value is -1.62. The number of methoxy groups -OCH3 is 1. The fourth-order valence-corrected chi connectivity index (χ4v) is 1.38. The fraction of sp³-hybridized carbons (Fsp3) is 0.300. The topological polar surface area (TPSA) is 72.5 Å². The van der Waals surface area contributed by atoms with Crippen molar-refractivity contribution in [2.75, 3.05) is 13.7 Å². The van der Waals surface area contributed by atoms with Crippen LogP contribution in [0.1, 0.15) is 11.5 Å². The Morgan fingerprint density at radius 3 is 2.80 bits per heavy atom. The lowest BCUT2D eigenvalue weighted by Gasteiger charge is -2.14. The van der Waals surface area contributed by atoms with Crippen molar-refractivity contribution < 1.29 is 19.0 Å². The van der Waals surface area contributed by atoms with E-state index in [1.54, 1.807) is 0 Å². The highest BCUT2D eigenvalue weighted by molar-refractivity contribution is 5.77. The maximum Gasteiger partial charge on any atom is 0.312 e. The van der Waals surface area contributed by atoms with Crippen LogP contribution in [0.4, 0.5) is 4.39 Å². The van der Waals surface area contributed by atoms with Crippen molar-refractivity contribution >= 4 is 5.97 Å². The van der Waals surface area contributed by atoms with Crippen molar-refractivity contribution in [3.63, 3.8) is 0 Å². The summed E-state index contributed by atoms with van der Waals surface area (Å²) in [5.41, 5.74) is 5.29. The zero-order chi connectivity index (χ0) is 11.4. The van der Waals surface area contributed by atoms with Gasteiger partial charge in [0.15, 0.2) is 0 Å². The van der Waals surface area contributed by atoms with Gasteiger partial charge in [0.2, 0.25) is 0 Å². The molecule has 0 aliphatic rings. The summed E-state index contributed by atoms with van der Waals surface area (Å²) >= 11 is 0. The Morgan fingerprint density at radius 2 is 2.33 bits per heavy atom. The van der Waals surface area contributed by atoms with Gasteiger partial charge < -0.3 is 15.6 Å². The number of rotatable bonds is 4. The normalized spacial score (nSPS) is 12.2. The largest absolute Gasteiger partial charge is 0.496 e. The van der Waals surface area contributed by atoms with Gasteiger partial charge in [-0.2, -0.15) is 0 Å². The lowest BCUT2D eigenvalue weighted by Crippen LogP contribution is -2.22. The molecule has 0 saturated carbocycles. The number of nitrogens with two attached hydrogens (primary N) is 1. The van der Waals surface area contributed by atoms with E-state index >= 15 is 0 Å². The summed E-state index contributed by atoms with van der Waals surface area (Å²) in [5, 5.41) is 8.87. The minimum atomic E-state index is -1.17. The molecule has 1 atom stereocenters. The van der Waals surface area contributed by atoms with E-state index in [1.807, 2.05) is 0 Å². The van der Waals surface area contributed by atoms with Gasteiger partial charge in [-0.15, -0.1) is 0 Å². The molecule has 1 rings (SSSR count). The van der Waals surface area contributed by atoms with Gasteiger partial charge in [0.1, 0.15) is 17.5 Å². The van der Waals surface area contributed by atoms with Crippen molar-refractivity contribution in [1.82, 2.24) is 0 Å². The molecule has 0 heterocycles. The molecule has 82 valence electrons. The van der Waals surface area contributed by atoms with Crippen LogP contribution in [0.2, 0.25) is 0 Å². The summed E-state index contributed by atoms with van der Waals surface area (Å²) in [6, 6.07) is 4.14. The van der Waals surface area contributed by atoms with Crippen molar-refractivity contribution in [2.45, 2.75) is 5.92 Å².